The average Bonchev–Trinajstić information content (AvgIpc) is 2.46. The molecule has 0 radical (unpaired) electrons. The monoisotopic (exact) mass is 297 g/mol. The molecule has 2 rings (SSSR count). The van der Waals surface area contributed by atoms with Gasteiger partial charge in [-0.05, 0) is 50.0 Å². The number of halogens is 1. The van der Waals surface area contributed by atoms with Crippen molar-refractivity contribution in [1.82, 2.24) is 5.32 Å². The van der Waals surface area contributed by atoms with E-state index in [1.165, 1.54) is 0 Å². The summed E-state index contributed by atoms with van der Waals surface area (Å²) in [5.41, 5.74) is 0.779. The molecule has 19 heavy (non-hydrogen) atoms. The van der Waals surface area contributed by atoms with E-state index in [9.17, 15) is 4.79 Å². The summed E-state index contributed by atoms with van der Waals surface area (Å²) in [6.45, 7) is 0.769. The van der Waals surface area contributed by atoms with Gasteiger partial charge < -0.3 is 5.32 Å². The molecule has 0 heterocycles. The first kappa shape index (κ1) is 14.7. The second-order valence-corrected chi connectivity index (χ2v) is 6.49. The topological polar surface area (TPSA) is 29.1 Å². The Morgan fingerprint density at radius 2 is 2.00 bits per heavy atom. The number of hydrogen-bond acceptors (Lipinski definition) is 2. The maximum Gasteiger partial charge on any atom is 0.252 e. The lowest BCUT2D eigenvalue weighted by molar-refractivity contribution is 0.0941. The second kappa shape index (κ2) is 7.20. The minimum absolute atomic E-state index is 0.0398. The molecule has 0 aliphatic heterocycles. The Labute approximate surface area is 124 Å². The predicted octanol–water partition coefficient (Wildman–Crippen LogP) is 3.94. The van der Waals surface area contributed by atoms with Crippen molar-refractivity contribution >= 4 is 29.3 Å². The number of amides is 1. The van der Waals surface area contributed by atoms with Gasteiger partial charge in [0.2, 0.25) is 0 Å². The van der Waals surface area contributed by atoms with Gasteiger partial charge in [0, 0.05) is 16.8 Å². The van der Waals surface area contributed by atoms with Crippen LogP contribution in [-0.4, -0.2) is 24.1 Å². The molecule has 1 aromatic rings. The molecule has 104 valence electrons. The largest absolute Gasteiger partial charge is 0.352 e. The molecular weight excluding hydrogens is 278 g/mol. The lowest BCUT2D eigenvalue weighted by Crippen LogP contribution is -2.31. The first-order valence-corrected chi connectivity index (χ1v) is 8.42. The minimum atomic E-state index is 0.0398. The summed E-state index contributed by atoms with van der Waals surface area (Å²) in [5, 5.41) is 3.40. The molecule has 2 nitrogen and oxygen atoms in total. The Bertz CT molecular complexity index is 430. The first-order chi connectivity index (χ1) is 9.20. The smallest absolute Gasteiger partial charge is 0.252 e. The highest BCUT2D eigenvalue weighted by Gasteiger charge is 2.20. The van der Waals surface area contributed by atoms with E-state index in [0.717, 1.165) is 42.7 Å². The molecular formula is C15H20ClNOS. The molecule has 4 heteroatoms. The van der Waals surface area contributed by atoms with Gasteiger partial charge >= 0.3 is 0 Å². The summed E-state index contributed by atoms with van der Waals surface area (Å²) in [5.74, 6) is 0.623. The Hall–Kier alpha value is -0.670. The number of hydrogen-bond donors (Lipinski definition) is 1. The van der Waals surface area contributed by atoms with Crippen molar-refractivity contribution in [3.8, 4) is 0 Å². The van der Waals surface area contributed by atoms with Crippen LogP contribution < -0.4 is 5.32 Å². The molecule has 0 saturated heterocycles. The van der Waals surface area contributed by atoms with E-state index >= 15 is 0 Å². The van der Waals surface area contributed by atoms with Crippen molar-refractivity contribution in [2.45, 2.75) is 36.0 Å². The van der Waals surface area contributed by atoms with E-state index in [4.69, 9.17) is 11.6 Å². The van der Waals surface area contributed by atoms with E-state index in [1.807, 2.05) is 30.5 Å². The molecule has 1 aromatic carbocycles. The fraction of sp³-hybridized carbons (Fsp3) is 0.533. The number of alkyl halides is 1. The summed E-state index contributed by atoms with van der Waals surface area (Å²) in [6, 6.07) is 7.74. The standard InChI is InChI=1S/C15H20ClNOS/c1-19-14-5-3-2-4-13(14)15(18)17-10-11-6-8-12(16)9-7-11/h2-5,11-12H,6-10H2,1H3,(H,17,18). The molecule has 1 aliphatic carbocycles. The maximum atomic E-state index is 12.2. The van der Waals surface area contributed by atoms with Crippen LogP contribution in [0.5, 0.6) is 0 Å². The van der Waals surface area contributed by atoms with Gasteiger partial charge in [0.25, 0.3) is 5.91 Å². The number of thioether (sulfide) groups is 1. The minimum Gasteiger partial charge on any atom is -0.352 e. The van der Waals surface area contributed by atoms with Crippen LogP contribution in [0.1, 0.15) is 36.0 Å². The van der Waals surface area contributed by atoms with Gasteiger partial charge in [-0.25, -0.2) is 0 Å². The molecule has 0 unspecified atom stereocenters. The lowest BCUT2D eigenvalue weighted by Gasteiger charge is -2.25. The highest BCUT2D eigenvalue weighted by Crippen LogP contribution is 2.27. The zero-order valence-electron chi connectivity index (χ0n) is 11.2. The van der Waals surface area contributed by atoms with E-state index in [0.29, 0.717) is 11.3 Å². The SMILES string of the molecule is CSc1ccccc1C(=O)NCC1CCC(Cl)CC1. The van der Waals surface area contributed by atoms with Crippen molar-refractivity contribution in [3.05, 3.63) is 29.8 Å². The summed E-state index contributed by atoms with van der Waals surface area (Å²) in [4.78, 5) is 13.2. The Morgan fingerprint density at radius 1 is 1.32 bits per heavy atom. The second-order valence-electron chi connectivity index (χ2n) is 5.03. The van der Waals surface area contributed by atoms with Crippen LogP contribution in [-0.2, 0) is 0 Å². The first-order valence-electron chi connectivity index (χ1n) is 6.76. The van der Waals surface area contributed by atoms with Crippen molar-refractivity contribution in [1.29, 1.82) is 0 Å². The summed E-state index contributed by atoms with van der Waals surface area (Å²) < 4.78 is 0. The summed E-state index contributed by atoms with van der Waals surface area (Å²) >= 11 is 7.70. The van der Waals surface area contributed by atoms with Crippen LogP contribution in [0.4, 0.5) is 0 Å². The van der Waals surface area contributed by atoms with Crippen LogP contribution in [0.3, 0.4) is 0 Å². The molecule has 1 N–H and O–H groups in total. The molecule has 0 spiro atoms. The number of nitrogens with one attached hydrogen (secondary N) is 1. The highest BCUT2D eigenvalue weighted by molar-refractivity contribution is 7.98. The third kappa shape index (κ3) is 4.15. The molecule has 1 aliphatic rings. The maximum absolute atomic E-state index is 12.2. The van der Waals surface area contributed by atoms with Gasteiger partial charge in [-0.15, -0.1) is 23.4 Å². The van der Waals surface area contributed by atoms with Crippen LogP contribution >= 0.6 is 23.4 Å². The zero-order chi connectivity index (χ0) is 13.7. The predicted molar refractivity (Wildman–Crippen MR) is 82.2 cm³/mol. The van der Waals surface area contributed by atoms with Crippen LogP contribution in [0.25, 0.3) is 0 Å². The third-order valence-corrected chi connectivity index (χ3v) is 4.91. The Balaban J connectivity index is 1.87. The number of carbonyl (C=O) groups is 1. The average molecular weight is 298 g/mol. The van der Waals surface area contributed by atoms with E-state index in [2.05, 4.69) is 5.32 Å². The van der Waals surface area contributed by atoms with Gasteiger partial charge in [0.15, 0.2) is 0 Å². The zero-order valence-corrected chi connectivity index (χ0v) is 12.8. The van der Waals surface area contributed by atoms with E-state index < -0.39 is 0 Å². The van der Waals surface area contributed by atoms with Gasteiger partial charge in [-0.2, -0.15) is 0 Å². The number of carbonyl (C=O) groups excluding carboxylic acids is 1. The molecule has 1 amide bonds. The number of benzene rings is 1. The lowest BCUT2D eigenvalue weighted by atomic mass is 9.89. The highest BCUT2D eigenvalue weighted by atomic mass is 35.5. The molecule has 1 saturated carbocycles. The van der Waals surface area contributed by atoms with Gasteiger partial charge in [-0.1, -0.05) is 12.1 Å². The molecule has 0 atom stereocenters. The fourth-order valence-corrected chi connectivity index (χ4v) is 3.34. The Morgan fingerprint density at radius 3 is 2.68 bits per heavy atom. The normalized spacial score (nSPS) is 23.1. The van der Waals surface area contributed by atoms with Gasteiger partial charge in [0.05, 0.1) is 5.56 Å². The van der Waals surface area contributed by atoms with Crippen LogP contribution in [0, 0.1) is 5.92 Å². The molecule has 0 bridgehead atoms. The number of rotatable bonds is 4. The van der Waals surface area contributed by atoms with Crippen LogP contribution in [0.15, 0.2) is 29.2 Å². The summed E-state index contributed by atoms with van der Waals surface area (Å²) in [6.07, 6.45) is 6.39. The van der Waals surface area contributed by atoms with Crippen molar-refractivity contribution in [3.63, 3.8) is 0 Å². The van der Waals surface area contributed by atoms with Crippen LogP contribution in [0.2, 0.25) is 0 Å². The molecule has 1 fully saturated rings. The molecule has 0 aromatic heterocycles. The van der Waals surface area contributed by atoms with Crippen molar-refractivity contribution < 1.29 is 4.79 Å². The fourth-order valence-electron chi connectivity index (χ4n) is 2.49. The van der Waals surface area contributed by atoms with E-state index in [1.54, 1.807) is 11.8 Å². The summed E-state index contributed by atoms with van der Waals surface area (Å²) in [7, 11) is 0. The van der Waals surface area contributed by atoms with E-state index in [-0.39, 0.29) is 5.91 Å². The van der Waals surface area contributed by atoms with Gasteiger partial charge in [0.1, 0.15) is 0 Å². The van der Waals surface area contributed by atoms with Crippen molar-refractivity contribution in [2.75, 3.05) is 12.8 Å². The van der Waals surface area contributed by atoms with Gasteiger partial charge in [-0.3, -0.25) is 4.79 Å². The van der Waals surface area contributed by atoms with Crippen molar-refractivity contribution in [2.24, 2.45) is 5.92 Å². The quantitative estimate of drug-likeness (QED) is 0.674. The third-order valence-electron chi connectivity index (χ3n) is 3.68. The Kier molecular flexibility index (Phi) is 5.59.